The van der Waals surface area contributed by atoms with Crippen LogP contribution in [0.5, 0.6) is 0 Å². The molecule has 0 bridgehead atoms. The molecule has 1 N–H and O–H groups in total. The second kappa shape index (κ2) is 7.51. The standard InChI is InChI=1S/C19H23N3O3/c1-14-6-2-3-7-15(14)18-16(19(24)25)8-9-17(23)22(18)13-5-12-21-11-4-10-20-21/h2-4,6-7,10-11,16,18H,5,8-9,12-13H2,1H3,(H,24,25)/t16-,18+/m0/s1. The summed E-state index contributed by atoms with van der Waals surface area (Å²) >= 11 is 0. The summed E-state index contributed by atoms with van der Waals surface area (Å²) in [6.07, 6.45) is 5.03. The molecular weight excluding hydrogens is 318 g/mol. The molecule has 1 aliphatic heterocycles. The van der Waals surface area contributed by atoms with E-state index in [1.54, 1.807) is 11.1 Å². The number of carboxylic acids is 1. The van der Waals surface area contributed by atoms with E-state index in [-0.39, 0.29) is 5.91 Å². The van der Waals surface area contributed by atoms with E-state index in [9.17, 15) is 14.7 Å². The number of carboxylic acid groups (broad SMARTS) is 1. The van der Waals surface area contributed by atoms with Gasteiger partial charge in [-0.1, -0.05) is 24.3 Å². The number of carbonyl (C=O) groups is 2. The molecule has 1 saturated heterocycles. The zero-order valence-corrected chi connectivity index (χ0v) is 14.3. The quantitative estimate of drug-likeness (QED) is 0.876. The van der Waals surface area contributed by atoms with Crippen LogP contribution in [0.1, 0.15) is 36.4 Å². The van der Waals surface area contributed by atoms with Crippen molar-refractivity contribution in [2.45, 2.75) is 38.8 Å². The van der Waals surface area contributed by atoms with Crippen molar-refractivity contribution < 1.29 is 14.7 Å². The van der Waals surface area contributed by atoms with E-state index < -0.39 is 17.9 Å². The van der Waals surface area contributed by atoms with Gasteiger partial charge in [0.15, 0.2) is 0 Å². The summed E-state index contributed by atoms with van der Waals surface area (Å²) in [5.41, 5.74) is 1.95. The van der Waals surface area contributed by atoms with Crippen molar-refractivity contribution in [2.75, 3.05) is 6.54 Å². The van der Waals surface area contributed by atoms with Crippen LogP contribution in [0, 0.1) is 12.8 Å². The number of rotatable bonds is 6. The molecule has 0 saturated carbocycles. The Kier molecular flexibility index (Phi) is 5.16. The molecule has 6 nitrogen and oxygen atoms in total. The fourth-order valence-electron chi connectivity index (χ4n) is 3.61. The van der Waals surface area contributed by atoms with E-state index in [0.717, 1.165) is 17.5 Å². The van der Waals surface area contributed by atoms with Crippen molar-refractivity contribution in [1.29, 1.82) is 0 Å². The van der Waals surface area contributed by atoms with Gasteiger partial charge in [0, 0.05) is 31.9 Å². The van der Waals surface area contributed by atoms with Gasteiger partial charge < -0.3 is 10.0 Å². The minimum atomic E-state index is -0.835. The third-order valence-electron chi connectivity index (χ3n) is 4.88. The smallest absolute Gasteiger partial charge is 0.308 e. The number of benzene rings is 1. The Labute approximate surface area is 147 Å². The van der Waals surface area contributed by atoms with E-state index in [1.807, 2.05) is 48.1 Å². The van der Waals surface area contributed by atoms with Gasteiger partial charge in [-0.05, 0) is 37.0 Å². The number of piperidine rings is 1. The van der Waals surface area contributed by atoms with Crippen LogP contribution in [-0.2, 0) is 16.1 Å². The highest BCUT2D eigenvalue weighted by atomic mass is 16.4. The molecule has 0 spiro atoms. The molecule has 1 aromatic heterocycles. The molecule has 1 fully saturated rings. The van der Waals surface area contributed by atoms with Gasteiger partial charge in [-0.15, -0.1) is 0 Å². The summed E-state index contributed by atoms with van der Waals surface area (Å²) in [7, 11) is 0. The number of amides is 1. The van der Waals surface area contributed by atoms with E-state index in [2.05, 4.69) is 5.10 Å². The molecule has 1 aliphatic rings. The topological polar surface area (TPSA) is 75.4 Å². The SMILES string of the molecule is Cc1ccccc1[C@@H]1[C@@H](C(=O)O)CCC(=O)N1CCCn1cccn1. The lowest BCUT2D eigenvalue weighted by molar-refractivity contribution is -0.152. The summed E-state index contributed by atoms with van der Waals surface area (Å²) in [6.45, 7) is 3.20. The zero-order chi connectivity index (χ0) is 17.8. The molecular formula is C19H23N3O3. The molecule has 1 amide bonds. The second-order valence-corrected chi connectivity index (χ2v) is 6.49. The predicted octanol–water partition coefficient (Wildman–Crippen LogP) is 2.65. The summed E-state index contributed by atoms with van der Waals surface area (Å²) in [5.74, 6) is -1.37. The van der Waals surface area contributed by atoms with Crippen molar-refractivity contribution >= 4 is 11.9 Å². The van der Waals surface area contributed by atoms with Crippen LogP contribution in [0.15, 0.2) is 42.7 Å². The highest BCUT2D eigenvalue weighted by Gasteiger charge is 2.40. The molecule has 2 aromatic rings. The maximum absolute atomic E-state index is 12.6. The lowest BCUT2D eigenvalue weighted by Gasteiger charge is -2.40. The molecule has 25 heavy (non-hydrogen) atoms. The lowest BCUT2D eigenvalue weighted by atomic mass is 9.82. The van der Waals surface area contributed by atoms with Crippen LogP contribution in [0.25, 0.3) is 0 Å². The molecule has 2 atom stereocenters. The van der Waals surface area contributed by atoms with Gasteiger partial charge in [-0.2, -0.15) is 5.10 Å². The van der Waals surface area contributed by atoms with Crippen LogP contribution in [0.4, 0.5) is 0 Å². The Morgan fingerprint density at radius 2 is 2.08 bits per heavy atom. The van der Waals surface area contributed by atoms with Crippen LogP contribution in [0.3, 0.4) is 0 Å². The molecule has 0 radical (unpaired) electrons. The van der Waals surface area contributed by atoms with Crippen LogP contribution in [0.2, 0.25) is 0 Å². The number of nitrogens with zero attached hydrogens (tertiary/aromatic N) is 3. The average Bonchev–Trinajstić information content (AvgIpc) is 3.10. The average molecular weight is 341 g/mol. The maximum atomic E-state index is 12.6. The Balaban J connectivity index is 1.84. The summed E-state index contributed by atoms with van der Waals surface area (Å²) < 4.78 is 1.83. The molecule has 3 rings (SSSR count). The van der Waals surface area contributed by atoms with Crippen molar-refractivity contribution in [3.05, 3.63) is 53.9 Å². The fourth-order valence-corrected chi connectivity index (χ4v) is 3.61. The first-order valence-corrected chi connectivity index (χ1v) is 8.63. The zero-order valence-electron chi connectivity index (χ0n) is 14.3. The number of carbonyl (C=O) groups excluding carboxylic acids is 1. The van der Waals surface area contributed by atoms with E-state index in [4.69, 9.17) is 0 Å². The highest BCUT2D eigenvalue weighted by Crippen LogP contribution is 2.38. The Hall–Kier alpha value is -2.63. The first kappa shape index (κ1) is 17.2. The Bertz CT molecular complexity index is 742. The van der Waals surface area contributed by atoms with Gasteiger partial charge in [0.1, 0.15) is 0 Å². The molecule has 2 heterocycles. The molecule has 0 aliphatic carbocycles. The largest absolute Gasteiger partial charge is 0.481 e. The lowest BCUT2D eigenvalue weighted by Crippen LogP contribution is -2.46. The van der Waals surface area contributed by atoms with Gasteiger partial charge in [-0.3, -0.25) is 14.3 Å². The van der Waals surface area contributed by atoms with E-state index in [0.29, 0.717) is 25.9 Å². The van der Waals surface area contributed by atoms with Crippen molar-refractivity contribution in [3.63, 3.8) is 0 Å². The Morgan fingerprint density at radius 1 is 1.28 bits per heavy atom. The van der Waals surface area contributed by atoms with Crippen molar-refractivity contribution in [3.8, 4) is 0 Å². The minimum absolute atomic E-state index is 0.0335. The number of likely N-dealkylation sites (tertiary alicyclic amines) is 1. The molecule has 0 unspecified atom stereocenters. The first-order chi connectivity index (χ1) is 12.1. The monoisotopic (exact) mass is 341 g/mol. The summed E-state index contributed by atoms with van der Waals surface area (Å²) in [5, 5.41) is 13.9. The number of aliphatic carboxylic acids is 1. The number of aryl methyl sites for hydroxylation is 2. The molecule has 6 heteroatoms. The van der Waals surface area contributed by atoms with Crippen LogP contribution >= 0.6 is 0 Å². The fraction of sp³-hybridized carbons (Fsp3) is 0.421. The predicted molar refractivity (Wildman–Crippen MR) is 92.8 cm³/mol. The highest BCUT2D eigenvalue weighted by molar-refractivity contribution is 5.82. The van der Waals surface area contributed by atoms with Gasteiger partial charge in [0.2, 0.25) is 5.91 Å². The molecule has 1 aromatic carbocycles. The summed E-state index contributed by atoms with van der Waals surface area (Å²) in [6, 6.07) is 9.20. The Morgan fingerprint density at radius 3 is 2.76 bits per heavy atom. The van der Waals surface area contributed by atoms with Gasteiger partial charge in [0.25, 0.3) is 0 Å². The maximum Gasteiger partial charge on any atom is 0.308 e. The summed E-state index contributed by atoms with van der Waals surface area (Å²) in [4.78, 5) is 26.1. The number of hydrogen-bond donors (Lipinski definition) is 1. The third kappa shape index (κ3) is 3.73. The number of hydrogen-bond acceptors (Lipinski definition) is 3. The van der Waals surface area contributed by atoms with Gasteiger partial charge in [-0.25, -0.2) is 0 Å². The van der Waals surface area contributed by atoms with Crippen LogP contribution in [-0.4, -0.2) is 38.2 Å². The van der Waals surface area contributed by atoms with Gasteiger partial charge >= 0.3 is 5.97 Å². The van der Waals surface area contributed by atoms with Crippen molar-refractivity contribution in [1.82, 2.24) is 14.7 Å². The normalized spacial score (nSPS) is 20.7. The first-order valence-electron chi connectivity index (χ1n) is 8.63. The van der Waals surface area contributed by atoms with Crippen LogP contribution < -0.4 is 0 Å². The number of aromatic nitrogens is 2. The van der Waals surface area contributed by atoms with Gasteiger partial charge in [0.05, 0.1) is 12.0 Å². The third-order valence-corrected chi connectivity index (χ3v) is 4.88. The van der Waals surface area contributed by atoms with E-state index >= 15 is 0 Å². The molecule has 132 valence electrons. The minimum Gasteiger partial charge on any atom is -0.481 e. The van der Waals surface area contributed by atoms with E-state index in [1.165, 1.54) is 0 Å². The second-order valence-electron chi connectivity index (χ2n) is 6.49. The van der Waals surface area contributed by atoms with Crippen molar-refractivity contribution in [2.24, 2.45) is 5.92 Å².